The van der Waals surface area contributed by atoms with Crippen molar-refractivity contribution in [3.63, 3.8) is 0 Å². The van der Waals surface area contributed by atoms with Gasteiger partial charge in [0.15, 0.2) is 0 Å². The van der Waals surface area contributed by atoms with E-state index >= 15 is 0 Å². The van der Waals surface area contributed by atoms with Crippen LogP contribution < -0.4 is 0 Å². The van der Waals surface area contributed by atoms with Gasteiger partial charge in [-0.05, 0) is 78.0 Å². The second kappa shape index (κ2) is 9.28. The Labute approximate surface area is 157 Å². The molecule has 3 aromatic rings. The monoisotopic (exact) mass is 344 g/mol. The summed E-state index contributed by atoms with van der Waals surface area (Å²) in [6.45, 7) is 4.63. The van der Waals surface area contributed by atoms with E-state index in [4.69, 9.17) is 0 Å². The molecule has 0 amide bonds. The zero-order valence-electron chi connectivity index (χ0n) is 15.8. The molecule has 3 rings (SSSR count). The van der Waals surface area contributed by atoms with Crippen molar-refractivity contribution in [1.29, 1.82) is 0 Å². The van der Waals surface area contributed by atoms with Gasteiger partial charge in [0.05, 0.1) is 0 Å². The minimum absolute atomic E-state index is 0.520. The SMILES string of the molecule is CCC(CC(CC(C)c1ccccc1)c1ccncc1)c1ccncc1. The van der Waals surface area contributed by atoms with E-state index in [-0.39, 0.29) is 0 Å². The van der Waals surface area contributed by atoms with E-state index < -0.39 is 0 Å². The van der Waals surface area contributed by atoms with Crippen LogP contribution in [0.1, 0.15) is 67.6 Å². The van der Waals surface area contributed by atoms with Gasteiger partial charge < -0.3 is 0 Å². The maximum absolute atomic E-state index is 4.21. The molecule has 134 valence electrons. The fraction of sp³-hybridized carbons (Fsp3) is 0.333. The van der Waals surface area contributed by atoms with E-state index in [1.54, 1.807) is 0 Å². The summed E-state index contributed by atoms with van der Waals surface area (Å²) in [7, 11) is 0. The predicted octanol–water partition coefficient (Wildman–Crippen LogP) is 6.34. The quantitative estimate of drug-likeness (QED) is 0.476. The van der Waals surface area contributed by atoms with Gasteiger partial charge in [-0.3, -0.25) is 9.97 Å². The molecule has 0 spiro atoms. The van der Waals surface area contributed by atoms with Gasteiger partial charge in [0.25, 0.3) is 0 Å². The molecule has 0 aliphatic heterocycles. The molecule has 0 saturated carbocycles. The third-order valence-corrected chi connectivity index (χ3v) is 5.42. The van der Waals surface area contributed by atoms with Crippen molar-refractivity contribution in [3.05, 3.63) is 96.1 Å². The summed E-state index contributed by atoms with van der Waals surface area (Å²) >= 11 is 0. The molecule has 0 radical (unpaired) electrons. The van der Waals surface area contributed by atoms with E-state index in [1.807, 2.05) is 24.8 Å². The van der Waals surface area contributed by atoms with Crippen LogP contribution >= 0.6 is 0 Å². The summed E-state index contributed by atoms with van der Waals surface area (Å²) in [4.78, 5) is 8.39. The molecule has 0 N–H and O–H groups in total. The molecular formula is C24H28N2. The standard InChI is InChI=1S/C24H28N2/c1-3-20(22-9-13-25-14-10-22)18-24(23-11-15-26-16-12-23)17-19(2)21-7-5-4-6-8-21/h4-16,19-20,24H,3,17-18H2,1-2H3. The highest BCUT2D eigenvalue weighted by Gasteiger charge is 2.21. The zero-order valence-corrected chi connectivity index (χ0v) is 15.8. The summed E-state index contributed by atoms with van der Waals surface area (Å²) in [5.74, 6) is 1.61. The summed E-state index contributed by atoms with van der Waals surface area (Å²) in [5, 5.41) is 0. The first kappa shape index (κ1) is 18.3. The first-order valence-electron chi connectivity index (χ1n) is 9.62. The molecule has 0 fully saturated rings. The summed E-state index contributed by atoms with van der Waals surface area (Å²) < 4.78 is 0. The average molecular weight is 345 g/mol. The number of aromatic nitrogens is 2. The van der Waals surface area contributed by atoms with Crippen molar-refractivity contribution in [3.8, 4) is 0 Å². The second-order valence-corrected chi connectivity index (χ2v) is 7.15. The highest BCUT2D eigenvalue weighted by molar-refractivity contribution is 5.24. The van der Waals surface area contributed by atoms with Crippen LogP contribution in [-0.2, 0) is 0 Å². The molecule has 1 aromatic carbocycles. The number of pyridine rings is 2. The van der Waals surface area contributed by atoms with E-state index in [2.05, 4.69) is 78.4 Å². The van der Waals surface area contributed by atoms with Crippen molar-refractivity contribution in [2.45, 2.75) is 50.9 Å². The second-order valence-electron chi connectivity index (χ2n) is 7.15. The van der Waals surface area contributed by atoms with Gasteiger partial charge in [-0.25, -0.2) is 0 Å². The Balaban J connectivity index is 1.82. The molecule has 0 aliphatic rings. The van der Waals surface area contributed by atoms with E-state index in [1.165, 1.54) is 16.7 Å². The molecule has 3 unspecified atom stereocenters. The van der Waals surface area contributed by atoms with Crippen molar-refractivity contribution in [2.24, 2.45) is 0 Å². The van der Waals surface area contributed by atoms with Gasteiger partial charge in [-0.2, -0.15) is 0 Å². The lowest BCUT2D eigenvalue weighted by molar-refractivity contribution is 0.467. The summed E-state index contributed by atoms with van der Waals surface area (Å²) in [5.41, 5.74) is 4.22. The molecule has 2 heterocycles. The Morgan fingerprint density at radius 3 is 1.73 bits per heavy atom. The smallest absolute Gasteiger partial charge is 0.0270 e. The van der Waals surface area contributed by atoms with Gasteiger partial charge in [0.2, 0.25) is 0 Å². The maximum atomic E-state index is 4.21. The predicted molar refractivity (Wildman–Crippen MR) is 108 cm³/mol. The fourth-order valence-corrected chi connectivity index (χ4v) is 3.87. The van der Waals surface area contributed by atoms with E-state index in [0.717, 1.165) is 19.3 Å². The van der Waals surface area contributed by atoms with Crippen LogP contribution in [0.2, 0.25) is 0 Å². The lowest BCUT2D eigenvalue weighted by Crippen LogP contribution is -2.10. The van der Waals surface area contributed by atoms with Crippen LogP contribution in [0.15, 0.2) is 79.4 Å². The third kappa shape index (κ3) is 4.78. The lowest BCUT2D eigenvalue weighted by atomic mass is 9.79. The number of rotatable bonds is 8. The van der Waals surface area contributed by atoms with Gasteiger partial charge in [-0.1, -0.05) is 44.2 Å². The fourth-order valence-electron chi connectivity index (χ4n) is 3.87. The Kier molecular flexibility index (Phi) is 6.54. The van der Waals surface area contributed by atoms with Crippen molar-refractivity contribution in [1.82, 2.24) is 9.97 Å². The van der Waals surface area contributed by atoms with Crippen LogP contribution in [0, 0.1) is 0 Å². The molecule has 3 atom stereocenters. The molecule has 2 nitrogen and oxygen atoms in total. The molecular weight excluding hydrogens is 316 g/mol. The van der Waals surface area contributed by atoms with Gasteiger partial charge >= 0.3 is 0 Å². The zero-order chi connectivity index (χ0) is 18.2. The van der Waals surface area contributed by atoms with Crippen LogP contribution in [-0.4, -0.2) is 9.97 Å². The molecule has 26 heavy (non-hydrogen) atoms. The van der Waals surface area contributed by atoms with Gasteiger partial charge in [-0.15, -0.1) is 0 Å². The van der Waals surface area contributed by atoms with E-state index in [9.17, 15) is 0 Å². The molecule has 0 bridgehead atoms. The Hall–Kier alpha value is -2.48. The van der Waals surface area contributed by atoms with E-state index in [0.29, 0.717) is 17.8 Å². The van der Waals surface area contributed by atoms with Gasteiger partial charge in [0, 0.05) is 24.8 Å². The summed E-state index contributed by atoms with van der Waals surface area (Å²) in [6.07, 6.45) is 11.1. The van der Waals surface area contributed by atoms with Crippen molar-refractivity contribution in [2.75, 3.05) is 0 Å². The number of hydrogen-bond donors (Lipinski definition) is 0. The van der Waals surface area contributed by atoms with Crippen LogP contribution in [0.25, 0.3) is 0 Å². The maximum Gasteiger partial charge on any atom is 0.0270 e. The normalized spacial score (nSPS) is 14.5. The molecule has 0 saturated heterocycles. The van der Waals surface area contributed by atoms with Crippen LogP contribution in [0.4, 0.5) is 0 Å². The van der Waals surface area contributed by atoms with Crippen molar-refractivity contribution >= 4 is 0 Å². The number of hydrogen-bond acceptors (Lipinski definition) is 2. The highest BCUT2D eigenvalue weighted by atomic mass is 14.6. The lowest BCUT2D eigenvalue weighted by Gasteiger charge is -2.26. The van der Waals surface area contributed by atoms with Crippen LogP contribution in [0.5, 0.6) is 0 Å². The largest absolute Gasteiger partial charge is 0.265 e. The minimum Gasteiger partial charge on any atom is -0.265 e. The minimum atomic E-state index is 0.520. The Morgan fingerprint density at radius 1 is 0.654 bits per heavy atom. The summed E-state index contributed by atoms with van der Waals surface area (Å²) in [6, 6.07) is 19.5. The topological polar surface area (TPSA) is 25.8 Å². The average Bonchev–Trinajstić information content (AvgIpc) is 2.73. The van der Waals surface area contributed by atoms with Crippen LogP contribution in [0.3, 0.4) is 0 Å². The third-order valence-electron chi connectivity index (χ3n) is 5.42. The molecule has 0 aliphatic carbocycles. The first-order chi connectivity index (χ1) is 12.8. The Morgan fingerprint density at radius 2 is 1.19 bits per heavy atom. The molecule has 2 heteroatoms. The highest BCUT2D eigenvalue weighted by Crippen LogP contribution is 2.38. The molecule has 2 aromatic heterocycles. The first-order valence-corrected chi connectivity index (χ1v) is 9.62. The number of benzene rings is 1. The van der Waals surface area contributed by atoms with Gasteiger partial charge in [0.1, 0.15) is 0 Å². The van der Waals surface area contributed by atoms with Crippen molar-refractivity contribution < 1.29 is 0 Å². The Bertz CT molecular complexity index is 756. The number of nitrogens with zero attached hydrogens (tertiary/aromatic N) is 2.